The largest absolute Gasteiger partial charge is 0.344 e. The smallest absolute Gasteiger partial charge is 0.224 e. The average molecular weight is 234 g/mol. The van der Waals surface area contributed by atoms with Gasteiger partial charge in [-0.3, -0.25) is 0 Å². The van der Waals surface area contributed by atoms with Gasteiger partial charge in [0.1, 0.15) is 0 Å². The highest BCUT2D eigenvalue weighted by molar-refractivity contribution is 5.29. The zero-order valence-corrected chi connectivity index (χ0v) is 10.6. The monoisotopic (exact) mass is 234 g/mol. The maximum absolute atomic E-state index is 5.49. The molecule has 94 valence electrons. The Morgan fingerprint density at radius 1 is 1.29 bits per heavy atom. The molecule has 1 aromatic heterocycles. The molecule has 0 saturated heterocycles. The van der Waals surface area contributed by atoms with Crippen LogP contribution >= 0.6 is 0 Å². The lowest BCUT2D eigenvalue weighted by molar-refractivity contribution is 0.709. The molecule has 1 fully saturated rings. The fourth-order valence-corrected chi connectivity index (χ4v) is 2.43. The first-order chi connectivity index (χ1) is 8.31. The van der Waals surface area contributed by atoms with E-state index in [1.807, 2.05) is 19.4 Å². The van der Waals surface area contributed by atoms with Crippen molar-refractivity contribution in [2.24, 2.45) is 5.73 Å². The second-order valence-corrected chi connectivity index (χ2v) is 4.86. The van der Waals surface area contributed by atoms with Crippen LogP contribution in [0.15, 0.2) is 12.4 Å². The van der Waals surface area contributed by atoms with E-state index in [2.05, 4.69) is 14.9 Å². The zero-order chi connectivity index (χ0) is 12.1. The summed E-state index contributed by atoms with van der Waals surface area (Å²) in [6.07, 6.45) is 10.3. The van der Waals surface area contributed by atoms with Crippen LogP contribution in [0.5, 0.6) is 0 Å². The van der Waals surface area contributed by atoms with Crippen LogP contribution in [-0.4, -0.2) is 30.1 Å². The van der Waals surface area contributed by atoms with Gasteiger partial charge >= 0.3 is 0 Å². The molecule has 0 atom stereocenters. The summed E-state index contributed by atoms with van der Waals surface area (Å²) in [7, 11) is 2.01. The summed E-state index contributed by atoms with van der Waals surface area (Å²) in [4.78, 5) is 11.0. The van der Waals surface area contributed by atoms with Gasteiger partial charge in [0.05, 0.1) is 0 Å². The van der Waals surface area contributed by atoms with E-state index in [0.717, 1.165) is 18.9 Å². The van der Waals surface area contributed by atoms with E-state index in [-0.39, 0.29) is 0 Å². The highest BCUT2D eigenvalue weighted by atomic mass is 15.2. The number of aromatic nitrogens is 2. The Hall–Kier alpha value is -1.16. The fourth-order valence-electron chi connectivity index (χ4n) is 2.43. The molecule has 0 aliphatic heterocycles. The van der Waals surface area contributed by atoms with E-state index < -0.39 is 0 Å². The van der Waals surface area contributed by atoms with Crippen molar-refractivity contribution in [3.8, 4) is 0 Å². The minimum atomic E-state index is 0.693. The van der Waals surface area contributed by atoms with E-state index in [1.54, 1.807) is 0 Å². The van der Waals surface area contributed by atoms with Gasteiger partial charge in [0, 0.05) is 26.0 Å². The molecule has 17 heavy (non-hydrogen) atoms. The number of nitrogens with two attached hydrogens (primary N) is 1. The second-order valence-electron chi connectivity index (χ2n) is 4.86. The maximum atomic E-state index is 5.49. The standard InChI is InChI=1S/C13H22N4/c1-17(8-4-7-14)13-15-9-12(10-16-13)11-5-2-3-6-11/h9-11H,2-8,14H2,1H3. The van der Waals surface area contributed by atoms with Crippen LogP contribution in [-0.2, 0) is 0 Å². The number of anilines is 1. The summed E-state index contributed by atoms with van der Waals surface area (Å²) < 4.78 is 0. The van der Waals surface area contributed by atoms with Gasteiger partial charge in [0.15, 0.2) is 0 Å². The molecule has 0 radical (unpaired) electrons. The molecule has 2 rings (SSSR count). The molecule has 1 heterocycles. The van der Waals surface area contributed by atoms with Gasteiger partial charge in [0.25, 0.3) is 0 Å². The third kappa shape index (κ3) is 3.16. The van der Waals surface area contributed by atoms with Crippen LogP contribution in [0, 0.1) is 0 Å². The van der Waals surface area contributed by atoms with Gasteiger partial charge in [0.2, 0.25) is 5.95 Å². The van der Waals surface area contributed by atoms with Gasteiger partial charge in [-0.1, -0.05) is 12.8 Å². The molecular weight excluding hydrogens is 212 g/mol. The lowest BCUT2D eigenvalue weighted by Crippen LogP contribution is -2.23. The molecule has 0 unspecified atom stereocenters. The molecular formula is C13H22N4. The molecule has 1 saturated carbocycles. The molecule has 2 N–H and O–H groups in total. The highest BCUT2D eigenvalue weighted by Crippen LogP contribution is 2.33. The lowest BCUT2D eigenvalue weighted by Gasteiger charge is -2.17. The Morgan fingerprint density at radius 3 is 2.53 bits per heavy atom. The number of rotatable bonds is 5. The van der Waals surface area contributed by atoms with Gasteiger partial charge in [-0.2, -0.15) is 0 Å². The van der Waals surface area contributed by atoms with Crippen molar-refractivity contribution >= 4 is 5.95 Å². The summed E-state index contributed by atoms with van der Waals surface area (Å²) in [5, 5.41) is 0. The third-order valence-corrected chi connectivity index (χ3v) is 3.52. The van der Waals surface area contributed by atoms with Crippen molar-refractivity contribution in [1.29, 1.82) is 0 Å². The van der Waals surface area contributed by atoms with E-state index in [9.17, 15) is 0 Å². The van der Waals surface area contributed by atoms with Crippen molar-refractivity contribution < 1.29 is 0 Å². The number of nitrogens with zero attached hydrogens (tertiary/aromatic N) is 3. The molecule has 4 nitrogen and oxygen atoms in total. The van der Waals surface area contributed by atoms with E-state index in [0.29, 0.717) is 12.5 Å². The van der Waals surface area contributed by atoms with Crippen molar-refractivity contribution in [2.75, 3.05) is 25.0 Å². The first-order valence-corrected chi connectivity index (χ1v) is 6.54. The Bertz CT molecular complexity index is 330. The Balaban J connectivity index is 1.96. The summed E-state index contributed by atoms with van der Waals surface area (Å²) in [5.41, 5.74) is 6.80. The summed E-state index contributed by atoms with van der Waals surface area (Å²) in [6.45, 7) is 1.63. The average Bonchev–Trinajstić information content (AvgIpc) is 2.90. The Morgan fingerprint density at radius 2 is 1.94 bits per heavy atom. The van der Waals surface area contributed by atoms with Gasteiger partial charge in [-0.25, -0.2) is 9.97 Å². The van der Waals surface area contributed by atoms with Crippen molar-refractivity contribution in [2.45, 2.75) is 38.0 Å². The maximum Gasteiger partial charge on any atom is 0.224 e. The van der Waals surface area contributed by atoms with Gasteiger partial charge < -0.3 is 10.6 Å². The van der Waals surface area contributed by atoms with Crippen LogP contribution in [0.4, 0.5) is 5.95 Å². The normalized spacial score (nSPS) is 16.4. The molecule has 0 aromatic carbocycles. The van der Waals surface area contributed by atoms with Gasteiger partial charge in [-0.15, -0.1) is 0 Å². The molecule has 0 amide bonds. The van der Waals surface area contributed by atoms with Crippen LogP contribution < -0.4 is 10.6 Å². The molecule has 1 aromatic rings. The van der Waals surface area contributed by atoms with Crippen LogP contribution in [0.25, 0.3) is 0 Å². The minimum absolute atomic E-state index is 0.693. The topological polar surface area (TPSA) is 55.0 Å². The van der Waals surface area contributed by atoms with Gasteiger partial charge in [-0.05, 0) is 37.3 Å². The number of hydrogen-bond donors (Lipinski definition) is 1. The predicted molar refractivity (Wildman–Crippen MR) is 70.2 cm³/mol. The molecule has 1 aliphatic rings. The lowest BCUT2D eigenvalue weighted by atomic mass is 10.0. The van der Waals surface area contributed by atoms with E-state index >= 15 is 0 Å². The Labute approximate surface area is 103 Å². The second kappa shape index (κ2) is 5.96. The first kappa shape index (κ1) is 12.3. The molecule has 1 aliphatic carbocycles. The van der Waals surface area contributed by atoms with Crippen LogP contribution in [0.1, 0.15) is 43.6 Å². The Kier molecular flexibility index (Phi) is 4.31. The highest BCUT2D eigenvalue weighted by Gasteiger charge is 2.17. The molecule has 4 heteroatoms. The van der Waals surface area contributed by atoms with Crippen molar-refractivity contribution in [3.05, 3.63) is 18.0 Å². The summed E-state index contributed by atoms with van der Waals surface area (Å²) >= 11 is 0. The number of hydrogen-bond acceptors (Lipinski definition) is 4. The van der Waals surface area contributed by atoms with E-state index in [4.69, 9.17) is 5.73 Å². The fraction of sp³-hybridized carbons (Fsp3) is 0.692. The van der Waals surface area contributed by atoms with Crippen molar-refractivity contribution in [1.82, 2.24) is 9.97 Å². The van der Waals surface area contributed by atoms with Crippen LogP contribution in [0.3, 0.4) is 0 Å². The quantitative estimate of drug-likeness (QED) is 0.845. The summed E-state index contributed by atoms with van der Waals surface area (Å²) in [6, 6.07) is 0. The summed E-state index contributed by atoms with van der Waals surface area (Å²) in [5.74, 6) is 1.50. The molecule has 0 bridgehead atoms. The van der Waals surface area contributed by atoms with Crippen LogP contribution in [0.2, 0.25) is 0 Å². The van der Waals surface area contributed by atoms with E-state index in [1.165, 1.54) is 31.2 Å². The SMILES string of the molecule is CN(CCCN)c1ncc(C2CCCC2)cn1. The zero-order valence-electron chi connectivity index (χ0n) is 10.6. The molecule has 0 spiro atoms. The predicted octanol–water partition coefficient (Wildman–Crippen LogP) is 1.92. The third-order valence-electron chi connectivity index (χ3n) is 3.52. The first-order valence-electron chi connectivity index (χ1n) is 6.54. The van der Waals surface area contributed by atoms with Crippen molar-refractivity contribution in [3.63, 3.8) is 0 Å². The minimum Gasteiger partial charge on any atom is -0.344 e.